The van der Waals surface area contributed by atoms with E-state index in [2.05, 4.69) is 10.3 Å². The van der Waals surface area contributed by atoms with Gasteiger partial charge in [-0.1, -0.05) is 0 Å². The monoisotopic (exact) mass is 308 g/mol. The summed E-state index contributed by atoms with van der Waals surface area (Å²) in [6, 6.07) is 0. The Hall–Kier alpha value is -1.69. The van der Waals surface area contributed by atoms with E-state index < -0.39 is 5.97 Å². The van der Waals surface area contributed by atoms with Crippen LogP contribution in [0.25, 0.3) is 6.08 Å². The Balaban J connectivity index is 1.70. The number of aryl methyl sites for hydroxylation is 1. The lowest BCUT2D eigenvalue weighted by atomic mass is 9.82. The third kappa shape index (κ3) is 4.97. The Labute approximate surface area is 128 Å². The maximum absolute atomic E-state index is 11.7. The molecule has 1 aromatic rings. The molecular weight excluding hydrogens is 288 g/mol. The van der Waals surface area contributed by atoms with Crippen LogP contribution in [-0.4, -0.2) is 28.5 Å². The van der Waals surface area contributed by atoms with Gasteiger partial charge in [0.25, 0.3) is 0 Å². The number of carbonyl (C=O) groups excluding carboxylic acids is 1. The highest BCUT2D eigenvalue weighted by molar-refractivity contribution is 7.09. The molecular formula is C15H20N2O3S. The highest BCUT2D eigenvalue weighted by Crippen LogP contribution is 2.28. The summed E-state index contributed by atoms with van der Waals surface area (Å²) < 4.78 is 0. The molecule has 1 amide bonds. The second-order valence-corrected chi connectivity index (χ2v) is 6.49. The number of nitrogens with one attached hydrogen (secondary N) is 1. The number of carboxylic acid groups (broad SMARTS) is 1. The van der Waals surface area contributed by atoms with Gasteiger partial charge in [-0.15, -0.1) is 11.3 Å². The third-order valence-corrected chi connectivity index (χ3v) is 4.59. The number of aromatic nitrogens is 1. The van der Waals surface area contributed by atoms with Gasteiger partial charge in [-0.25, -0.2) is 4.98 Å². The van der Waals surface area contributed by atoms with Crippen molar-refractivity contribution in [2.75, 3.05) is 6.54 Å². The number of carbonyl (C=O) groups is 2. The van der Waals surface area contributed by atoms with Crippen LogP contribution in [0.2, 0.25) is 0 Å². The van der Waals surface area contributed by atoms with Crippen molar-refractivity contribution in [2.24, 2.45) is 11.8 Å². The molecule has 0 aliphatic heterocycles. The highest BCUT2D eigenvalue weighted by Gasteiger charge is 2.25. The number of hydrogen-bond donors (Lipinski definition) is 2. The van der Waals surface area contributed by atoms with Crippen molar-refractivity contribution in [1.82, 2.24) is 10.3 Å². The van der Waals surface area contributed by atoms with E-state index in [1.165, 1.54) is 6.08 Å². The molecule has 1 aliphatic carbocycles. The number of amides is 1. The number of nitrogens with zero attached hydrogens (tertiary/aromatic N) is 1. The summed E-state index contributed by atoms with van der Waals surface area (Å²) in [7, 11) is 0. The molecule has 0 unspecified atom stereocenters. The van der Waals surface area contributed by atoms with Gasteiger partial charge in [-0.3, -0.25) is 9.59 Å². The third-order valence-electron chi connectivity index (χ3n) is 3.80. The predicted octanol–water partition coefficient (Wildman–Crippen LogP) is 2.47. The molecule has 2 N–H and O–H groups in total. The number of hydrogen-bond acceptors (Lipinski definition) is 4. The summed E-state index contributed by atoms with van der Waals surface area (Å²) in [6.07, 6.45) is 6.36. The van der Waals surface area contributed by atoms with Gasteiger partial charge in [0.15, 0.2) is 0 Å². The van der Waals surface area contributed by atoms with E-state index in [4.69, 9.17) is 5.11 Å². The lowest BCUT2D eigenvalue weighted by molar-refractivity contribution is -0.143. The van der Waals surface area contributed by atoms with Gasteiger partial charge in [0, 0.05) is 18.0 Å². The molecule has 0 aromatic carbocycles. The summed E-state index contributed by atoms with van der Waals surface area (Å²) in [5.74, 6) is -0.635. The normalized spacial score (nSPS) is 22.3. The molecule has 1 aliphatic rings. The molecule has 1 fully saturated rings. The van der Waals surface area contributed by atoms with Crippen LogP contribution in [0.15, 0.2) is 11.5 Å². The fourth-order valence-corrected chi connectivity index (χ4v) is 3.12. The molecule has 0 spiro atoms. The zero-order chi connectivity index (χ0) is 15.2. The van der Waals surface area contributed by atoms with E-state index in [1.807, 2.05) is 12.3 Å². The standard InChI is InChI=1S/C15H20N2O3S/c1-10-17-13(9-21-10)6-7-14(18)16-8-11-2-4-12(5-3-11)15(19)20/h6-7,9,11-12H,2-5,8H2,1H3,(H,16,18)(H,19,20)/b7-6+. The summed E-state index contributed by atoms with van der Waals surface area (Å²) in [5.41, 5.74) is 0.801. The zero-order valence-electron chi connectivity index (χ0n) is 12.0. The van der Waals surface area contributed by atoms with Crippen LogP contribution in [0.5, 0.6) is 0 Å². The molecule has 1 saturated carbocycles. The van der Waals surface area contributed by atoms with Crippen molar-refractivity contribution in [3.05, 3.63) is 22.2 Å². The topological polar surface area (TPSA) is 79.3 Å². The molecule has 2 rings (SSSR count). The van der Waals surface area contributed by atoms with Crippen LogP contribution < -0.4 is 5.32 Å². The molecule has 21 heavy (non-hydrogen) atoms. The molecule has 6 heteroatoms. The first-order valence-electron chi connectivity index (χ1n) is 7.15. The summed E-state index contributed by atoms with van der Waals surface area (Å²) >= 11 is 1.55. The van der Waals surface area contributed by atoms with E-state index in [9.17, 15) is 9.59 Å². The first kappa shape index (κ1) is 15.7. The van der Waals surface area contributed by atoms with E-state index in [1.54, 1.807) is 17.4 Å². The van der Waals surface area contributed by atoms with E-state index in [-0.39, 0.29) is 11.8 Å². The number of thiazole rings is 1. The summed E-state index contributed by atoms with van der Waals surface area (Å²) in [4.78, 5) is 26.8. The molecule has 0 saturated heterocycles. The number of aliphatic carboxylic acids is 1. The molecule has 114 valence electrons. The Kier molecular flexibility index (Phi) is 5.50. The van der Waals surface area contributed by atoms with Gasteiger partial charge in [0.2, 0.25) is 5.91 Å². The molecule has 5 nitrogen and oxygen atoms in total. The van der Waals surface area contributed by atoms with E-state index >= 15 is 0 Å². The largest absolute Gasteiger partial charge is 0.481 e. The van der Waals surface area contributed by atoms with Gasteiger partial charge in [0.1, 0.15) is 0 Å². The molecule has 1 heterocycles. The van der Waals surface area contributed by atoms with Gasteiger partial charge >= 0.3 is 5.97 Å². The molecule has 0 radical (unpaired) electrons. The van der Waals surface area contributed by atoms with Crippen molar-refractivity contribution in [3.63, 3.8) is 0 Å². The first-order chi connectivity index (χ1) is 10.0. The van der Waals surface area contributed by atoms with E-state index in [0.29, 0.717) is 25.3 Å². The average Bonchev–Trinajstić information content (AvgIpc) is 2.89. The van der Waals surface area contributed by atoms with Crippen molar-refractivity contribution in [1.29, 1.82) is 0 Å². The summed E-state index contributed by atoms with van der Waals surface area (Å²) in [6.45, 7) is 2.54. The van der Waals surface area contributed by atoms with Crippen LogP contribution in [0.3, 0.4) is 0 Å². The van der Waals surface area contributed by atoms with Gasteiger partial charge < -0.3 is 10.4 Å². The minimum absolute atomic E-state index is 0.124. The van der Waals surface area contributed by atoms with Gasteiger partial charge in [-0.2, -0.15) is 0 Å². The van der Waals surface area contributed by atoms with Crippen molar-refractivity contribution < 1.29 is 14.7 Å². The van der Waals surface area contributed by atoms with Crippen molar-refractivity contribution >= 4 is 29.3 Å². The van der Waals surface area contributed by atoms with Crippen LogP contribution in [0.4, 0.5) is 0 Å². The van der Waals surface area contributed by atoms with E-state index in [0.717, 1.165) is 23.5 Å². The number of rotatable bonds is 5. The molecule has 0 bridgehead atoms. The minimum Gasteiger partial charge on any atom is -0.481 e. The Bertz CT molecular complexity index is 531. The first-order valence-corrected chi connectivity index (χ1v) is 8.03. The number of carboxylic acids is 1. The predicted molar refractivity (Wildman–Crippen MR) is 82.0 cm³/mol. The second kappa shape index (κ2) is 7.36. The maximum Gasteiger partial charge on any atom is 0.306 e. The van der Waals surface area contributed by atoms with Gasteiger partial charge in [-0.05, 0) is 44.6 Å². The highest BCUT2D eigenvalue weighted by atomic mass is 32.1. The molecule has 1 aromatic heterocycles. The average molecular weight is 308 g/mol. The molecule has 0 atom stereocenters. The van der Waals surface area contributed by atoms with Crippen LogP contribution in [-0.2, 0) is 9.59 Å². The van der Waals surface area contributed by atoms with Crippen molar-refractivity contribution in [3.8, 4) is 0 Å². The fourth-order valence-electron chi connectivity index (χ4n) is 2.54. The lowest BCUT2D eigenvalue weighted by Gasteiger charge is -2.25. The minimum atomic E-state index is -0.695. The Morgan fingerprint density at radius 3 is 2.71 bits per heavy atom. The second-order valence-electron chi connectivity index (χ2n) is 5.43. The van der Waals surface area contributed by atoms with Crippen LogP contribution in [0, 0.1) is 18.8 Å². The lowest BCUT2D eigenvalue weighted by Crippen LogP contribution is -2.31. The van der Waals surface area contributed by atoms with Crippen LogP contribution >= 0.6 is 11.3 Å². The quantitative estimate of drug-likeness (QED) is 0.819. The SMILES string of the molecule is Cc1nc(/C=C/C(=O)NCC2CCC(C(=O)O)CC2)cs1. The maximum atomic E-state index is 11.7. The van der Waals surface area contributed by atoms with Gasteiger partial charge in [0.05, 0.1) is 16.6 Å². The Morgan fingerprint density at radius 1 is 1.43 bits per heavy atom. The van der Waals surface area contributed by atoms with Crippen molar-refractivity contribution in [2.45, 2.75) is 32.6 Å². The Morgan fingerprint density at radius 2 is 2.14 bits per heavy atom. The summed E-state index contributed by atoms with van der Waals surface area (Å²) in [5, 5.41) is 14.7. The zero-order valence-corrected chi connectivity index (χ0v) is 12.9. The fraction of sp³-hybridized carbons (Fsp3) is 0.533. The smallest absolute Gasteiger partial charge is 0.306 e. The van der Waals surface area contributed by atoms with Crippen LogP contribution in [0.1, 0.15) is 36.4 Å².